The maximum absolute atomic E-state index is 9.31. The minimum Gasteiger partial charge on any atom is -0.394 e. The van der Waals surface area contributed by atoms with Crippen LogP contribution in [0.1, 0.15) is 46.0 Å². The molecule has 1 rings (SSSR count). The van der Waals surface area contributed by atoms with E-state index in [2.05, 4.69) is 18.7 Å². The molecule has 0 bridgehead atoms. The molecule has 1 aliphatic rings. The molecule has 2 unspecified atom stereocenters. The number of hydrogen-bond acceptors (Lipinski definition) is 3. The Bertz CT molecular complexity index is 186. The molecule has 0 aromatic rings. The highest BCUT2D eigenvalue weighted by molar-refractivity contribution is 4.93. The van der Waals surface area contributed by atoms with Crippen LogP contribution in [0.2, 0.25) is 0 Å². The van der Waals surface area contributed by atoms with Crippen molar-refractivity contribution < 1.29 is 5.11 Å². The van der Waals surface area contributed by atoms with Crippen LogP contribution in [0.5, 0.6) is 0 Å². The predicted molar refractivity (Wildman–Crippen MR) is 63.8 cm³/mol. The van der Waals surface area contributed by atoms with Crippen molar-refractivity contribution in [2.24, 2.45) is 5.73 Å². The Balaban J connectivity index is 2.53. The van der Waals surface area contributed by atoms with Gasteiger partial charge in [-0.1, -0.05) is 13.8 Å². The summed E-state index contributed by atoms with van der Waals surface area (Å²) < 4.78 is 0. The van der Waals surface area contributed by atoms with Crippen molar-refractivity contribution >= 4 is 0 Å². The first-order valence-corrected chi connectivity index (χ1v) is 6.29. The van der Waals surface area contributed by atoms with Crippen LogP contribution in [0, 0.1) is 0 Å². The molecule has 1 fully saturated rings. The number of hydrogen-bond donors (Lipinski definition) is 2. The molecule has 0 amide bonds. The lowest BCUT2D eigenvalue weighted by molar-refractivity contribution is 0.0838. The molecule has 0 aromatic carbocycles. The minimum atomic E-state index is -0.315. The standard InChI is InChI=1S/C12H26N2O/c1-3-8-14(4-2)11-6-5-7-12(13,9-11)10-15/h11,15H,3-10,13H2,1-2H3. The van der Waals surface area contributed by atoms with Crippen LogP contribution < -0.4 is 5.73 Å². The summed E-state index contributed by atoms with van der Waals surface area (Å²) in [5.41, 5.74) is 5.85. The van der Waals surface area contributed by atoms with Crippen LogP contribution in [-0.4, -0.2) is 41.3 Å². The van der Waals surface area contributed by atoms with E-state index in [0.29, 0.717) is 6.04 Å². The molecule has 2 atom stereocenters. The number of nitrogens with zero attached hydrogens (tertiary/aromatic N) is 1. The van der Waals surface area contributed by atoms with Crippen LogP contribution in [-0.2, 0) is 0 Å². The van der Waals surface area contributed by atoms with Gasteiger partial charge >= 0.3 is 0 Å². The summed E-state index contributed by atoms with van der Waals surface area (Å²) in [5.74, 6) is 0. The summed E-state index contributed by atoms with van der Waals surface area (Å²) in [5, 5.41) is 9.31. The van der Waals surface area contributed by atoms with Gasteiger partial charge in [-0.3, -0.25) is 0 Å². The molecular weight excluding hydrogens is 188 g/mol. The maximum atomic E-state index is 9.31. The van der Waals surface area contributed by atoms with Gasteiger partial charge in [-0.2, -0.15) is 0 Å². The number of aliphatic hydroxyl groups excluding tert-OH is 1. The van der Waals surface area contributed by atoms with Crippen molar-refractivity contribution in [2.75, 3.05) is 19.7 Å². The van der Waals surface area contributed by atoms with Crippen molar-refractivity contribution in [3.63, 3.8) is 0 Å². The van der Waals surface area contributed by atoms with Gasteiger partial charge in [-0.15, -0.1) is 0 Å². The van der Waals surface area contributed by atoms with E-state index in [1.807, 2.05) is 0 Å². The fourth-order valence-corrected chi connectivity index (χ4v) is 2.70. The van der Waals surface area contributed by atoms with Crippen molar-refractivity contribution in [1.29, 1.82) is 0 Å². The first-order chi connectivity index (χ1) is 7.15. The van der Waals surface area contributed by atoms with Crippen molar-refractivity contribution in [1.82, 2.24) is 4.90 Å². The quantitative estimate of drug-likeness (QED) is 0.726. The molecule has 0 radical (unpaired) electrons. The molecule has 1 aliphatic carbocycles. The monoisotopic (exact) mass is 214 g/mol. The Morgan fingerprint density at radius 3 is 2.73 bits per heavy atom. The molecule has 3 nitrogen and oxygen atoms in total. The van der Waals surface area contributed by atoms with E-state index in [0.717, 1.165) is 32.4 Å². The van der Waals surface area contributed by atoms with E-state index in [4.69, 9.17) is 5.73 Å². The van der Waals surface area contributed by atoms with Gasteiger partial charge in [0, 0.05) is 11.6 Å². The molecule has 0 heterocycles. The van der Waals surface area contributed by atoms with Gasteiger partial charge in [0.1, 0.15) is 0 Å². The van der Waals surface area contributed by atoms with Gasteiger partial charge in [-0.05, 0) is 45.2 Å². The third kappa shape index (κ3) is 3.44. The predicted octanol–water partition coefficient (Wildman–Crippen LogP) is 1.35. The van der Waals surface area contributed by atoms with E-state index < -0.39 is 0 Å². The Morgan fingerprint density at radius 2 is 2.20 bits per heavy atom. The van der Waals surface area contributed by atoms with Crippen molar-refractivity contribution in [3.8, 4) is 0 Å². The second kappa shape index (κ2) is 5.83. The van der Waals surface area contributed by atoms with Crippen molar-refractivity contribution in [3.05, 3.63) is 0 Å². The highest BCUT2D eigenvalue weighted by Gasteiger charge is 2.34. The first kappa shape index (κ1) is 12.9. The van der Waals surface area contributed by atoms with E-state index >= 15 is 0 Å². The molecule has 0 saturated heterocycles. The van der Waals surface area contributed by atoms with Crippen LogP contribution in [0.15, 0.2) is 0 Å². The SMILES string of the molecule is CCCN(CC)C1CCCC(N)(CO)C1. The number of rotatable bonds is 5. The van der Waals surface area contributed by atoms with Crippen LogP contribution >= 0.6 is 0 Å². The fraction of sp³-hybridized carbons (Fsp3) is 1.00. The molecule has 0 aromatic heterocycles. The van der Waals surface area contributed by atoms with Gasteiger partial charge in [-0.25, -0.2) is 0 Å². The minimum absolute atomic E-state index is 0.132. The summed E-state index contributed by atoms with van der Waals surface area (Å²) in [7, 11) is 0. The molecule has 90 valence electrons. The molecule has 3 N–H and O–H groups in total. The van der Waals surface area contributed by atoms with E-state index in [1.54, 1.807) is 0 Å². The molecule has 1 saturated carbocycles. The summed E-state index contributed by atoms with van der Waals surface area (Å²) in [6, 6.07) is 0.584. The van der Waals surface area contributed by atoms with E-state index in [1.165, 1.54) is 12.8 Å². The zero-order valence-electron chi connectivity index (χ0n) is 10.2. The highest BCUT2D eigenvalue weighted by Crippen LogP contribution is 2.29. The third-order valence-corrected chi connectivity index (χ3v) is 3.60. The van der Waals surface area contributed by atoms with Crippen molar-refractivity contribution in [2.45, 2.75) is 57.5 Å². The number of nitrogens with two attached hydrogens (primary N) is 1. The zero-order chi connectivity index (χ0) is 11.3. The van der Waals surface area contributed by atoms with Gasteiger partial charge in [0.15, 0.2) is 0 Å². The molecule has 0 spiro atoms. The lowest BCUT2D eigenvalue weighted by atomic mass is 9.79. The summed E-state index contributed by atoms with van der Waals surface area (Å²) in [6.07, 6.45) is 5.52. The topological polar surface area (TPSA) is 49.5 Å². The number of aliphatic hydroxyl groups is 1. The Labute approximate surface area is 93.6 Å². The lowest BCUT2D eigenvalue weighted by Crippen LogP contribution is -2.53. The average molecular weight is 214 g/mol. The second-order valence-electron chi connectivity index (χ2n) is 4.90. The molecule has 15 heavy (non-hydrogen) atoms. The summed E-state index contributed by atoms with van der Waals surface area (Å²) in [4.78, 5) is 2.51. The summed E-state index contributed by atoms with van der Waals surface area (Å²) in [6.45, 7) is 6.81. The Morgan fingerprint density at radius 1 is 1.47 bits per heavy atom. The fourth-order valence-electron chi connectivity index (χ4n) is 2.70. The molecular formula is C12H26N2O. The molecule has 3 heteroatoms. The van der Waals surface area contributed by atoms with Gasteiger partial charge in [0.2, 0.25) is 0 Å². The zero-order valence-corrected chi connectivity index (χ0v) is 10.2. The normalized spacial score (nSPS) is 32.2. The largest absolute Gasteiger partial charge is 0.394 e. The van der Waals surface area contributed by atoms with E-state index in [-0.39, 0.29) is 12.1 Å². The van der Waals surface area contributed by atoms with Gasteiger partial charge in [0.05, 0.1) is 6.61 Å². The lowest BCUT2D eigenvalue weighted by Gasteiger charge is -2.41. The highest BCUT2D eigenvalue weighted by atomic mass is 16.3. The van der Waals surface area contributed by atoms with E-state index in [9.17, 15) is 5.11 Å². The third-order valence-electron chi connectivity index (χ3n) is 3.60. The van der Waals surface area contributed by atoms with Crippen LogP contribution in [0.3, 0.4) is 0 Å². The van der Waals surface area contributed by atoms with Gasteiger partial charge < -0.3 is 15.7 Å². The smallest absolute Gasteiger partial charge is 0.0611 e. The average Bonchev–Trinajstić information content (AvgIpc) is 2.26. The Kier molecular flexibility index (Phi) is 5.03. The van der Waals surface area contributed by atoms with Gasteiger partial charge in [0.25, 0.3) is 0 Å². The maximum Gasteiger partial charge on any atom is 0.0611 e. The summed E-state index contributed by atoms with van der Waals surface area (Å²) >= 11 is 0. The van der Waals surface area contributed by atoms with Crippen LogP contribution in [0.4, 0.5) is 0 Å². The molecule has 0 aliphatic heterocycles. The Hall–Kier alpha value is -0.120. The van der Waals surface area contributed by atoms with Crippen LogP contribution in [0.25, 0.3) is 0 Å². The first-order valence-electron chi connectivity index (χ1n) is 6.29. The second-order valence-corrected chi connectivity index (χ2v) is 4.90.